The van der Waals surface area contributed by atoms with E-state index in [0.29, 0.717) is 44.8 Å². The molecule has 44 heavy (non-hydrogen) atoms. The monoisotopic (exact) mass is 654 g/mol. The lowest BCUT2D eigenvalue weighted by atomic mass is 9.84. The Morgan fingerprint density at radius 2 is 1.75 bits per heavy atom. The maximum Gasteiger partial charge on any atom is 0.534 e. The fourth-order valence-corrected chi connectivity index (χ4v) is 6.33. The van der Waals surface area contributed by atoms with Crippen LogP contribution in [0.3, 0.4) is 0 Å². The van der Waals surface area contributed by atoms with Gasteiger partial charge in [-0.15, -0.1) is 0 Å². The van der Waals surface area contributed by atoms with Gasteiger partial charge in [-0.3, -0.25) is 14.2 Å². The Hall–Kier alpha value is -2.71. The molecule has 14 heteroatoms. The van der Waals surface area contributed by atoms with Gasteiger partial charge >= 0.3 is 15.6 Å². The van der Waals surface area contributed by atoms with Crippen molar-refractivity contribution in [3.8, 4) is 5.75 Å². The highest BCUT2D eigenvalue weighted by Gasteiger charge is 2.49. The summed E-state index contributed by atoms with van der Waals surface area (Å²) in [6.45, 7) is 3.15. The van der Waals surface area contributed by atoms with Crippen LogP contribution in [-0.2, 0) is 23.0 Å². The van der Waals surface area contributed by atoms with E-state index in [1.165, 1.54) is 11.8 Å². The predicted octanol–water partition coefficient (Wildman–Crippen LogP) is 7.11. The van der Waals surface area contributed by atoms with Crippen molar-refractivity contribution in [1.29, 1.82) is 0 Å². The maximum atomic E-state index is 15.7. The molecule has 0 N–H and O–H groups in total. The summed E-state index contributed by atoms with van der Waals surface area (Å²) in [7, 11) is -5.98. The second kappa shape index (κ2) is 13.3. The van der Waals surface area contributed by atoms with Gasteiger partial charge in [0, 0.05) is 38.2 Å². The molecule has 2 atom stereocenters. The molecule has 4 rings (SSSR count). The highest BCUT2D eigenvalue weighted by atomic mass is 32.2. The van der Waals surface area contributed by atoms with Crippen molar-refractivity contribution in [3.05, 3.63) is 75.9 Å². The van der Waals surface area contributed by atoms with Crippen molar-refractivity contribution in [2.24, 2.45) is 0 Å². The van der Waals surface area contributed by atoms with Gasteiger partial charge in [-0.05, 0) is 80.0 Å². The van der Waals surface area contributed by atoms with E-state index in [2.05, 4.69) is 9.08 Å². The second-order valence-electron chi connectivity index (χ2n) is 11.5. The lowest BCUT2D eigenvalue weighted by Crippen LogP contribution is -2.48. The number of fused-ring (bicyclic) bond motifs is 1. The third-order valence-electron chi connectivity index (χ3n) is 7.83. The molecule has 5 nitrogen and oxygen atoms in total. The Morgan fingerprint density at radius 1 is 1.07 bits per heavy atom. The summed E-state index contributed by atoms with van der Waals surface area (Å²) in [6, 6.07) is 3.22. The van der Waals surface area contributed by atoms with Gasteiger partial charge in [0.15, 0.2) is 0 Å². The molecule has 244 valence electrons. The number of halogens is 8. The molecule has 0 aromatic heterocycles. The lowest BCUT2D eigenvalue weighted by molar-refractivity contribution is -0.0500. The van der Waals surface area contributed by atoms with Crippen LogP contribution >= 0.6 is 0 Å². The van der Waals surface area contributed by atoms with E-state index in [0.717, 1.165) is 48.9 Å². The maximum absolute atomic E-state index is 15.7. The average Bonchev–Trinajstić information content (AvgIpc) is 3.34. The van der Waals surface area contributed by atoms with Crippen molar-refractivity contribution in [2.45, 2.75) is 69.5 Å². The number of benzene rings is 2. The van der Waals surface area contributed by atoms with E-state index in [4.69, 9.17) is 0 Å². The molecule has 2 heterocycles. The van der Waals surface area contributed by atoms with Crippen LogP contribution < -0.4 is 4.18 Å². The zero-order valence-corrected chi connectivity index (χ0v) is 25.1. The van der Waals surface area contributed by atoms with Gasteiger partial charge in [-0.2, -0.15) is 21.6 Å². The summed E-state index contributed by atoms with van der Waals surface area (Å²) in [6.07, 6.45) is 4.09. The SMILES string of the molecule is C[C@@H]1Cc2cc(OS(=O)(=O)C(F)(F)F)ccc2C(c2c(F)cc(CCC=C3CCN(CCCF)C3)cc2F)N1CC(C)(F)F. The first-order valence-corrected chi connectivity index (χ1v) is 15.6. The highest BCUT2D eigenvalue weighted by molar-refractivity contribution is 7.88. The number of aryl methyl sites for hydroxylation is 1. The van der Waals surface area contributed by atoms with Crippen LogP contribution in [0.1, 0.15) is 61.4 Å². The standard InChI is InChI=1S/C30H34F8N2O3S/c1-19-13-22-16-23(43-44(41,42)30(36,37)38)7-8-24(22)28(40(19)18-29(2,34)35)27-25(32)14-21(15-26(27)33)6-3-5-20-9-12-39(17-20)11-4-10-31/h5,7-8,14-16,19,28H,3-4,6,9-13,17-18H2,1-2H3/t19-,28?/m1/s1. The molecule has 0 spiro atoms. The fourth-order valence-electron chi connectivity index (χ4n) is 5.88. The predicted molar refractivity (Wildman–Crippen MR) is 149 cm³/mol. The number of rotatable bonds is 11. The second-order valence-corrected chi connectivity index (χ2v) is 13.0. The highest BCUT2D eigenvalue weighted by Crippen LogP contribution is 2.43. The number of alkyl halides is 6. The molecule has 1 unspecified atom stereocenters. The third kappa shape index (κ3) is 8.11. The molecule has 2 aliphatic heterocycles. The number of allylic oxidation sites excluding steroid dienone is 1. The molecule has 1 fully saturated rings. The van der Waals surface area contributed by atoms with Crippen molar-refractivity contribution < 1.29 is 47.7 Å². The first-order valence-electron chi connectivity index (χ1n) is 14.2. The van der Waals surface area contributed by atoms with Gasteiger partial charge in [0.05, 0.1) is 19.3 Å². The summed E-state index contributed by atoms with van der Waals surface area (Å²) in [5.74, 6) is -5.86. The smallest absolute Gasteiger partial charge is 0.376 e. The average molecular weight is 655 g/mol. The summed E-state index contributed by atoms with van der Waals surface area (Å²) in [5.41, 5.74) is -4.32. The van der Waals surface area contributed by atoms with Crippen LogP contribution in [0, 0.1) is 11.6 Å². The van der Waals surface area contributed by atoms with Crippen LogP contribution in [-0.4, -0.2) is 68.5 Å². The van der Waals surface area contributed by atoms with Crippen molar-refractivity contribution in [2.75, 3.05) is 32.9 Å². The summed E-state index contributed by atoms with van der Waals surface area (Å²) < 4.78 is 138. The number of likely N-dealkylation sites (tertiary alicyclic amines) is 1. The first-order chi connectivity index (χ1) is 20.5. The molecule has 1 saturated heterocycles. The van der Waals surface area contributed by atoms with Crippen LogP contribution in [0.15, 0.2) is 42.0 Å². The fraction of sp³-hybridized carbons (Fsp3) is 0.533. The Balaban J connectivity index is 1.63. The Morgan fingerprint density at radius 3 is 2.36 bits per heavy atom. The molecule has 0 bridgehead atoms. The quantitative estimate of drug-likeness (QED) is 0.112. The van der Waals surface area contributed by atoms with Gasteiger partial charge in [0.1, 0.15) is 17.4 Å². The van der Waals surface area contributed by atoms with Crippen LogP contribution in [0.2, 0.25) is 0 Å². The molecule has 0 amide bonds. The van der Waals surface area contributed by atoms with E-state index in [9.17, 15) is 34.8 Å². The van der Waals surface area contributed by atoms with E-state index in [-0.39, 0.29) is 24.2 Å². The minimum Gasteiger partial charge on any atom is -0.376 e. The zero-order valence-electron chi connectivity index (χ0n) is 24.2. The van der Waals surface area contributed by atoms with Crippen molar-refractivity contribution in [1.82, 2.24) is 9.80 Å². The van der Waals surface area contributed by atoms with Crippen molar-refractivity contribution >= 4 is 10.1 Å². The van der Waals surface area contributed by atoms with Crippen LogP contribution in [0.5, 0.6) is 5.75 Å². The lowest BCUT2D eigenvalue weighted by Gasteiger charge is -2.43. The van der Waals surface area contributed by atoms with E-state index < -0.39 is 63.1 Å². The molecule has 2 aromatic rings. The number of nitrogens with zero attached hydrogens (tertiary/aromatic N) is 2. The zero-order chi connectivity index (χ0) is 32.4. The molecule has 0 aliphatic carbocycles. The van der Waals surface area contributed by atoms with Gasteiger partial charge in [-0.1, -0.05) is 17.7 Å². The summed E-state index contributed by atoms with van der Waals surface area (Å²) in [4.78, 5) is 3.37. The Kier molecular flexibility index (Phi) is 10.4. The largest absolute Gasteiger partial charge is 0.534 e. The van der Waals surface area contributed by atoms with Gasteiger partial charge < -0.3 is 4.18 Å². The molecule has 2 aromatic carbocycles. The molecular formula is C30H34F8N2O3S. The Bertz CT molecular complexity index is 1450. The van der Waals surface area contributed by atoms with Crippen molar-refractivity contribution in [3.63, 3.8) is 0 Å². The van der Waals surface area contributed by atoms with Gasteiger partial charge in [0.25, 0.3) is 5.92 Å². The van der Waals surface area contributed by atoms with Crippen LogP contribution in [0.4, 0.5) is 35.1 Å². The van der Waals surface area contributed by atoms with Gasteiger partial charge in [0.2, 0.25) is 0 Å². The van der Waals surface area contributed by atoms with Gasteiger partial charge in [-0.25, -0.2) is 17.6 Å². The minimum atomic E-state index is -5.98. The normalized spacial score (nSPS) is 21.2. The first kappa shape index (κ1) is 34.2. The Labute approximate surface area is 251 Å². The molecular weight excluding hydrogens is 620 g/mol. The number of hydrogen-bond donors (Lipinski definition) is 0. The number of hydrogen-bond acceptors (Lipinski definition) is 5. The van der Waals surface area contributed by atoms with Crippen LogP contribution in [0.25, 0.3) is 0 Å². The molecule has 0 radical (unpaired) electrons. The van der Waals surface area contributed by atoms with E-state index in [1.54, 1.807) is 0 Å². The molecule has 2 aliphatic rings. The summed E-state index contributed by atoms with van der Waals surface area (Å²) >= 11 is 0. The summed E-state index contributed by atoms with van der Waals surface area (Å²) in [5, 5.41) is 0. The van der Waals surface area contributed by atoms with E-state index >= 15 is 8.78 Å². The third-order valence-corrected chi connectivity index (χ3v) is 8.81. The topological polar surface area (TPSA) is 49.9 Å². The van der Waals surface area contributed by atoms with E-state index in [1.807, 2.05) is 6.08 Å². The molecule has 0 saturated carbocycles. The minimum absolute atomic E-state index is 0.0215.